The van der Waals surface area contributed by atoms with Crippen LogP contribution in [0.5, 0.6) is 0 Å². The fraction of sp³-hybridized carbons (Fsp3) is 0.667. The van der Waals surface area contributed by atoms with E-state index in [2.05, 4.69) is 27.8 Å². The molecule has 0 saturated carbocycles. The average molecular weight is 247 g/mol. The van der Waals surface area contributed by atoms with Gasteiger partial charge in [0.25, 0.3) is 0 Å². The molecular weight excluding hydrogens is 232 g/mol. The normalized spacial score (nSPS) is 10.8. The van der Waals surface area contributed by atoms with E-state index in [1.54, 1.807) is 0 Å². The summed E-state index contributed by atoms with van der Waals surface area (Å²) in [5, 5.41) is 8.81. The zero-order valence-corrected chi connectivity index (χ0v) is 9.63. The zero-order chi connectivity index (χ0) is 9.84. The Balaban J connectivity index is 2.90. The molecule has 0 fully saturated rings. The SMILES string of the molecule is CCCc1nc(CCO)n(C)c1Br. The quantitative estimate of drug-likeness (QED) is 0.878. The van der Waals surface area contributed by atoms with Crippen molar-refractivity contribution in [2.45, 2.75) is 26.2 Å². The van der Waals surface area contributed by atoms with E-state index in [0.717, 1.165) is 29.0 Å². The molecule has 0 bridgehead atoms. The molecule has 4 heteroatoms. The second-order valence-electron chi connectivity index (χ2n) is 3.05. The van der Waals surface area contributed by atoms with Crippen LogP contribution in [-0.2, 0) is 19.9 Å². The number of hydrogen-bond acceptors (Lipinski definition) is 2. The fourth-order valence-electron chi connectivity index (χ4n) is 1.30. The fourth-order valence-corrected chi connectivity index (χ4v) is 1.79. The van der Waals surface area contributed by atoms with Crippen LogP contribution in [0.1, 0.15) is 24.9 Å². The number of aliphatic hydroxyl groups is 1. The third-order valence-electron chi connectivity index (χ3n) is 2.01. The Morgan fingerprint density at radius 1 is 1.46 bits per heavy atom. The first-order valence-corrected chi connectivity index (χ1v) is 5.30. The summed E-state index contributed by atoms with van der Waals surface area (Å²) in [7, 11) is 1.96. The molecule has 1 heterocycles. The van der Waals surface area contributed by atoms with E-state index in [1.807, 2.05) is 11.6 Å². The number of hydrogen-bond donors (Lipinski definition) is 1. The van der Waals surface area contributed by atoms with Gasteiger partial charge in [0.05, 0.1) is 12.3 Å². The lowest BCUT2D eigenvalue weighted by molar-refractivity contribution is 0.295. The number of nitrogens with zero attached hydrogens (tertiary/aromatic N) is 2. The monoisotopic (exact) mass is 246 g/mol. The molecule has 0 aliphatic heterocycles. The van der Waals surface area contributed by atoms with E-state index in [0.29, 0.717) is 6.42 Å². The van der Waals surface area contributed by atoms with Crippen molar-refractivity contribution < 1.29 is 5.11 Å². The van der Waals surface area contributed by atoms with Gasteiger partial charge in [-0.05, 0) is 22.4 Å². The zero-order valence-electron chi connectivity index (χ0n) is 8.05. The van der Waals surface area contributed by atoms with Crippen LogP contribution in [0.2, 0.25) is 0 Å². The van der Waals surface area contributed by atoms with Gasteiger partial charge in [-0.2, -0.15) is 0 Å². The predicted octanol–water partition coefficient (Wildman–Crippen LogP) is 1.67. The maximum absolute atomic E-state index is 8.81. The van der Waals surface area contributed by atoms with E-state index < -0.39 is 0 Å². The summed E-state index contributed by atoms with van der Waals surface area (Å²) >= 11 is 3.49. The van der Waals surface area contributed by atoms with Gasteiger partial charge in [0.2, 0.25) is 0 Å². The molecule has 0 amide bonds. The third kappa shape index (κ3) is 2.31. The highest BCUT2D eigenvalue weighted by atomic mass is 79.9. The first-order valence-electron chi connectivity index (χ1n) is 4.51. The van der Waals surface area contributed by atoms with Gasteiger partial charge in [-0.15, -0.1) is 0 Å². The molecule has 1 aromatic heterocycles. The van der Waals surface area contributed by atoms with Gasteiger partial charge in [0, 0.05) is 13.5 Å². The lowest BCUT2D eigenvalue weighted by Crippen LogP contribution is -2.00. The number of rotatable bonds is 4. The molecular formula is C9H15BrN2O. The molecule has 74 valence electrons. The van der Waals surface area contributed by atoms with Crippen molar-refractivity contribution >= 4 is 15.9 Å². The second-order valence-corrected chi connectivity index (χ2v) is 3.80. The molecule has 1 rings (SSSR count). The molecule has 1 N–H and O–H groups in total. The Morgan fingerprint density at radius 2 is 2.15 bits per heavy atom. The van der Waals surface area contributed by atoms with E-state index in [-0.39, 0.29) is 6.61 Å². The van der Waals surface area contributed by atoms with Crippen LogP contribution in [0.4, 0.5) is 0 Å². The number of aromatic nitrogens is 2. The highest BCUT2D eigenvalue weighted by Gasteiger charge is 2.10. The van der Waals surface area contributed by atoms with Gasteiger partial charge in [0.15, 0.2) is 0 Å². The Hall–Kier alpha value is -0.350. The van der Waals surface area contributed by atoms with Crippen LogP contribution in [-0.4, -0.2) is 21.3 Å². The van der Waals surface area contributed by atoms with Crippen molar-refractivity contribution in [3.8, 4) is 0 Å². The van der Waals surface area contributed by atoms with Gasteiger partial charge in [-0.1, -0.05) is 13.3 Å². The third-order valence-corrected chi connectivity index (χ3v) is 3.00. The maximum atomic E-state index is 8.81. The largest absolute Gasteiger partial charge is 0.396 e. The first-order chi connectivity index (χ1) is 6.20. The van der Waals surface area contributed by atoms with Crippen LogP contribution >= 0.6 is 15.9 Å². The highest BCUT2D eigenvalue weighted by molar-refractivity contribution is 9.10. The minimum absolute atomic E-state index is 0.156. The van der Waals surface area contributed by atoms with Crippen molar-refractivity contribution in [1.82, 2.24) is 9.55 Å². The standard InChI is InChI=1S/C9H15BrN2O/c1-3-4-7-9(10)12(2)8(11-7)5-6-13/h13H,3-6H2,1-2H3. The topological polar surface area (TPSA) is 38.1 Å². The average Bonchev–Trinajstić information content (AvgIpc) is 2.36. The maximum Gasteiger partial charge on any atom is 0.111 e. The highest BCUT2D eigenvalue weighted by Crippen LogP contribution is 2.18. The Bertz CT molecular complexity index is 257. The van der Waals surface area contributed by atoms with Gasteiger partial charge in [0.1, 0.15) is 10.4 Å². The summed E-state index contributed by atoms with van der Waals surface area (Å²) in [4.78, 5) is 4.44. The second kappa shape index (κ2) is 4.77. The number of aryl methyl sites for hydroxylation is 1. The summed E-state index contributed by atoms with van der Waals surface area (Å²) in [5.74, 6) is 0.942. The van der Waals surface area contributed by atoms with Gasteiger partial charge < -0.3 is 9.67 Å². The van der Waals surface area contributed by atoms with Gasteiger partial charge in [-0.25, -0.2) is 4.98 Å². The van der Waals surface area contributed by atoms with Crippen molar-refractivity contribution in [3.05, 3.63) is 16.1 Å². The number of halogens is 1. The van der Waals surface area contributed by atoms with Crippen LogP contribution in [0.15, 0.2) is 4.60 Å². The molecule has 0 radical (unpaired) electrons. The van der Waals surface area contributed by atoms with E-state index in [4.69, 9.17) is 5.11 Å². The Labute approximate surface area is 86.9 Å². The van der Waals surface area contributed by atoms with Gasteiger partial charge in [-0.3, -0.25) is 0 Å². The van der Waals surface area contributed by atoms with Crippen LogP contribution in [0.25, 0.3) is 0 Å². The lowest BCUT2D eigenvalue weighted by Gasteiger charge is -1.98. The van der Waals surface area contributed by atoms with Crippen LogP contribution in [0.3, 0.4) is 0 Å². The molecule has 0 aliphatic carbocycles. The number of imidazole rings is 1. The van der Waals surface area contributed by atoms with Crippen LogP contribution in [0, 0.1) is 0 Å². The van der Waals surface area contributed by atoms with E-state index >= 15 is 0 Å². The predicted molar refractivity (Wildman–Crippen MR) is 55.7 cm³/mol. The summed E-state index contributed by atoms with van der Waals surface area (Å²) in [5.41, 5.74) is 1.09. The number of aliphatic hydroxyl groups excluding tert-OH is 1. The smallest absolute Gasteiger partial charge is 0.111 e. The minimum atomic E-state index is 0.156. The summed E-state index contributed by atoms with van der Waals surface area (Å²) in [6, 6.07) is 0. The first kappa shape index (κ1) is 10.7. The Kier molecular flexibility index (Phi) is 3.93. The summed E-state index contributed by atoms with van der Waals surface area (Å²) in [6.07, 6.45) is 2.70. The Morgan fingerprint density at radius 3 is 2.69 bits per heavy atom. The molecule has 0 saturated heterocycles. The summed E-state index contributed by atoms with van der Waals surface area (Å²) < 4.78 is 3.03. The van der Waals surface area contributed by atoms with Crippen molar-refractivity contribution in [1.29, 1.82) is 0 Å². The summed E-state index contributed by atoms with van der Waals surface area (Å²) in [6.45, 7) is 2.29. The van der Waals surface area contributed by atoms with Crippen molar-refractivity contribution in [3.63, 3.8) is 0 Å². The van der Waals surface area contributed by atoms with Gasteiger partial charge >= 0.3 is 0 Å². The molecule has 3 nitrogen and oxygen atoms in total. The van der Waals surface area contributed by atoms with E-state index in [1.165, 1.54) is 0 Å². The molecule has 0 aliphatic rings. The van der Waals surface area contributed by atoms with Crippen molar-refractivity contribution in [2.75, 3.05) is 6.61 Å². The minimum Gasteiger partial charge on any atom is -0.396 e. The lowest BCUT2D eigenvalue weighted by atomic mass is 10.3. The molecule has 0 spiro atoms. The molecule has 0 atom stereocenters. The van der Waals surface area contributed by atoms with E-state index in [9.17, 15) is 0 Å². The van der Waals surface area contributed by atoms with Crippen molar-refractivity contribution in [2.24, 2.45) is 7.05 Å². The molecule has 0 aromatic carbocycles. The molecule has 0 unspecified atom stereocenters. The molecule has 13 heavy (non-hydrogen) atoms. The molecule has 1 aromatic rings. The van der Waals surface area contributed by atoms with Crippen LogP contribution < -0.4 is 0 Å².